The van der Waals surface area contributed by atoms with Crippen molar-refractivity contribution >= 4 is 11.9 Å². The van der Waals surface area contributed by atoms with Gasteiger partial charge in [0, 0.05) is 19.7 Å². The number of aliphatic hydroxyl groups excluding tert-OH is 1. The van der Waals surface area contributed by atoms with Crippen molar-refractivity contribution in [2.45, 2.75) is 59.0 Å². The lowest BCUT2D eigenvalue weighted by atomic mass is 10.1. The molecule has 0 aliphatic heterocycles. The first kappa shape index (κ1) is 26.3. The number of aromatic nitrogens is 3. The minimum atomic E-state index is -0.953. The second-order valence-electron chi connectivity index (χ2n) is 7.49. The fourth-order valence-corrected chi connectivity index (χ4v) is 2.63. The maximum Gasteiger partial charge on any atom is 0.336 e. The standard InChI is InChI=1S/C20H31N3O8/c1-4-5-14(2)12-30-16(25)6-9-22-18(27)21-19(28)23(20(22)29)10-7-17(26)31-13-15(3)8-11-24/h1,14-15,24H,4-13H2,2-3H3,(H,21,27,28). The van der Waals surface area contributed by atoms with Crippen LogP contribution in [0.15, 0.2) is 14.4 Å². The third kappa shape index (κ3) is 9.33. The Kier molecular flexibility index (Phi) is 11.5. The van der Waals surface area contributed by atoms with Gasteiger partial charge < -0.3 is 14.6 Å². The number of aromatic amines is 1. The van der Waals surface area contributed by atoms with Crippen molar-refractivity contribution in [3.05, 3.63) is 38.4 Å². The van der Waals surface area contributed by atoms with E-state index in [0.29, 0.717) is 28.4 Å². The maximum atomic E-state index is 12.5. The van der Waals surface area contributed by atoms with Gasteiger partial charge in [0.15, 0.2) is 0 Å². The summed E-state index contributed by atoms with van der Waals surface area (Å²) in [5, 5.41) is 8.84. The second kappa shape index (κ2) is 13.6. The molecule has 11 nitrogen and oxygen atoms in total. The molecule has 2 N–H and O–H groups in total. The molecular weight excluding hydrogens is 410 g/mol. The third-order valence-corrected chi connectivity index (χ3v) is 4.58. The summed E-state index contributed by atoms with van der Waals surface area (Å²) in [6.45, 7) is 8.82. The molecule has 0 aromatic carbocycles. The molecule has 0 amide bonds. The number of hydrogen-bond donors (Lipinski definition) is 2. The van der Waals surface area contributed by atoms with Crippen LogP contribution in [0.25, 0.3) is 0 Å². The van der Waals surface area contributed by atoms with E-state index < -0.39 is 29.0 Å². The zero-order valence-electron chi connectivity index (χ0n) is 18.0. The average molecular weight is 441 g/mol. The molecule has 2 unspecified atom stereocenters. The van der Waals surface area contributed by atoms with Gasteiger partial charge in [-0.2, -0.15) is 0 Å². The van der Waals surface area contributed by atoms with Crippen LogP contribution in [-0.4, -0.2) is 51.0 Å². The summed E-state index contributed by atoms with van der Waals surface area (Å²) in [5.41, 5.74) is -2.83. The second-order valence-corrected chi connectivity index (χ2v) is 7.49. The molecule has 1 aromatic rings. The highest BCUT2D eigenvalue weighted by atomic mass is 16.5. The van der Waals surface area contributed by atoms with Gasteiger partial charge in [-0.05, 0) is 38.0 Å². The van der Waals surface area contributed by atoms with Crippen molar-refractivity contribution in [3.63, 3.8) is 0 Å². The van der Waals surface area contributed by atoms with E-state index in [1.165, 1.54) is 0 Å². The molecule has 0 aliphatic carbocycles. The first-order chi connectivity index (χ1) is 14.7. The van der Waals surface area contributed by atoms with Crippen LogP contribution in [0.4, 0.5) is 0 Å². The van der Waals surface area contributed by atoms with E-state index in [1.807, 2.05) is 11.9 Å². The minimum Gasteiger partial charge on any atom is -0.465 e. The number of nitrogens with zero attached hydrogens (tertiary/aromatic N) is 2. The molecule has 2 radical (unpaired) electrons. The van der Waals surface area contributed by atoms with Crippen molar-refractivity contribution in [2.75, 3.05) is 19.8 Å². The molecule has 174 valence electrons. The monoisotopic (exact) mass is 441 g/mol. The van der Waals surface area contributed by atoms with Crippen LogP contribution < -0.4 is 17.1 Å². The van der Waals surface area contributed by atoms with Gasteiger partial charge in [-0.25, -0.2) is 23.5 Å². The van der Waals surface area contributed by atoms with Gasteiger partial charge in [0.25, 0.3) is 0 Å². The first-order valence-corrected chi connectivity index (χ1v) is 10.3. The summed E-state index contributed by atoms with van der Waals surface area (Å²) in [6.07, 6.45) is 1.15. The van der Waals surface area contributed by atoms with Crippen LogP contribution in [0.5, 0.6) is 0 Å². The highest BCUT2D eigenvalue weighted by Gasteiger charge is 2.15. The molecule has 2 atom stereocenters. The zero-order chi connectivity index (χ0) is 23.4. The number of nitrogens with one attached hydrogen (secondary N) is 1. The quantitative estimate of drug-likeness (QED) is 0.374. The van der Waals surface area contributed by atoms with Gasteiger partial charge in [0.05, 0.1) is 26.1 Å². The molecule has 0 fully saturated rings. The number of carbonyl (C=O) groups excluding carboxylic acids is 2. The van der Waals surface area contributed by atoms with Crippen molar-refractivity contribution in [2.24, 2.45) is 11.8 Å². The summed E-state index contributed by atoms with van der Waals surface area (Å²) in [7, 11) is 0. The minimum absolute atomic E-state index is 0.0225. The summed E-state index contributed by atoms with van der Waals surface area (Å²) in [6, 6.07) is 0. The number of hydrogen-bond acceptors (Lipinski definition) is 8. The molecule has 31 heavy (non-hydrogen) atoms. The van der Waals surface area contributed by atoms with Gasteiger partial charge in [0.1, 0.15) is 0 Å². The predicted octanol–water partition coefficient (Wildman–Crippen LogP) is -0.289. The molecule has 1 rings (SSSR count). The molecule has 0 aliphatic rings. The normalized spacial score (nSPS) is 12.9. The third-order valence-electron chi connectivity index (χ3n) is 4.58. The van der Waals surface area contributed by atoms with Gasteiger partial charge in [0.2, 0.25) is 0 Å². The number of carbonyl (C=O) groups is 2. The highest BCUT2D eigenvalue weighted by molar-refractivity contribution is 5.69. The lowest BCUT2D eigenvalue weighted by Gasteiger charge is -2.12. The Hall–Kier alpha value is -2.69. The van der Waals surface area contributed by atoms with E-state index >= 15 is 0 Å². The molecular formula is C20H31N3O8. The topological polar surface area (TPSA) is 150 Å². The average Bonchev–Trinajstić information content (AvgIpc) is 2.70. The summed E-state index contributed by atoms with van der Waals surface area (Å²) < 4.78 is 11.5. The molecule has 11 heteroatoms. The Morgan fingerprint density at radius 3 is 1.81 bits per heavy atom. The maximum absolute atomic E-state index is 12.5. The summed E-state index contributed by atoms with van der Waals surface area (Å²) in [5.74, 6) is -1.15. The van der Waals surface area contributed by atoms with E-state index in [2.05, 4.69) is 0 Å². The molecule has 1 heterocycles. The molecule has 0 saturated heterocycles. The van der Waals surface area contributed by atoms with Crippen LogP contribution in [0.2, 0.25) is 0 Å². The number of esters is 2. The van der Waals surface area contributed by atoms with Crippen LogP contribution >= 0.6 is 0 Å². The molecule has 1 aromatic heterocycles. The Bertz CT molecular complexity index is 818. The van der Waals surface area contributed by atoms with Crippen LogP contribution in [0.1, 0.15) is 46.0 Å². The van der Waals surface area contributed by atoms with Crippen LogP contribution in [0, 0.1) is 18.8 Å². The zero-order valence-corrected chi connectivity index (χ0v) is 18.0. The molecule has 0 bridgehead atoms. The number of H-pyrrole nitrogens is 1. The van der Waals surface area contributed by atoms with Crippen molar-refractivity contribution in [3.8, 4) is 0 Å². The SMILES string of the molecule is [CH]CCC(C)COC(=O)CCn1c(=O)[nH]c(=O)n(CCC(=O)OCC(C)CCO)c1=O. The van der Waals surface area contributed by atoms with E-state index in [-0.39, 0.29) is 57.6 Å². The van der Waals surface area contributed by atoms with Crippen LogP contribution in [0.3, 0.4) is 0 Å². The van der Waals surface area contributed by atoms with E-state index in [9.17, 15) is 24.0 Å². The molecule has 0 saturated carbocycles. The van der Waals surface area contributed by atoms with Gasteiger partial charge in [-0.3, -0.25) is 14.6 Å². The lowest BCUT2D eigenvalue weighted by molar-refractivity contribution is -0.146. The Labute approximate surface area is 180 Å². The smallest absolute Gasteiger partial charge is 0.336 e. The Balaban J connectivity index is 2.70. The Morgan fingerprint density at radius 1 is 0.935 bits per heavy atom. The lowest BCUT2D eigenvalue weighted by Crippen LogP contribution is -2.49. The largest absolute Gasteiger partial charge is 0.465 e. The van der Waals surface area contributed by atoms with Gasteiger partial charge in [-0.1, -0.05) is 13.8 Å². The first-order valence-electron chi connectivity index (χ1n) is 10.3. The Morgan fingerprint density at radius 2 is 1.39 bits per heavy atom. The van der Waals surface area contributed by atoms with Crippen LogP contribution in [-0.2, 0) is 32.2 Å². The number of rotatable bonds is 14. The van der Waals surface area contributed by atoms with E-state index in [0.717, 1.165) is 0 Å². The summed E-state index contributed by atoms with van der Waals surface area (Å²) in [4.78, 5) is 62.1. The highest BCUT2D eigenvalue weighted by Crippen LogP contribution is 2.05. The number of aliphatic hydroxyl groups is 1. The van der Waals surface area contributed by atoms with Crippen molar-refractivity contribution in [1.29, 1.82) is 0 Å². The van der Waals surface area contributed by atoms with Gasteiger partial charge >= 0.3 is 29.0 Å². The summed E-state index contributed by atoms with van der Waals surface area (Å²) >= 11 is 0. The van der Waals surface area contributed by atoms with Gasteiger partial charge in [-0.15, -0.1) is 0 Å². The van der Waals surface area contributed by atoms with Crippen molar-refractivity contribution < 1.29 is 24.2 Å². The fraction of sp³-hybridized carbons (Fsp3) is 0.700. The van der Waals surface area contributed by atoms with E-state index in [1.54, 1.807) is 6.92 Å². The molecule has 0 spiro atoms. The fourth-order valence-electron chi connectivity index (χ4n) is 2.63. The number of ether oxygens (including phenoxy) is 2. The van der Waals surface area contributed by atoms with Crippen molar-refractivity contribution in [1.82, 2.24) is 14.1 Å². The van der Waals surface area contributed by atoms with E-state index in [4.69, 9.17) is 21.5 Å². The predicted molar refractivity (Wildman–Crippen MR) is 110 cm³/mol.